The number of nitrogens with zero attached hydrogens (tertiary/aromatic N) is 2. The summed E-state index contributed by atoms with van der Waals surface area (Å²) in [5.74, 6) is 0.945. The molecule has 2 aromatic rings. The number of hydrogen-bond donors (Lipinski definition) is 1. The summed E-state index contributed by atoms with van der Waals surface area (Å²) in [5.41, 5.74) is 1.78. The molecule has 2 rings (SSSR count). The molecule has 1 heterocycles. The van der Waals surface area contributed by atoms with Crippen molar-refractivity contribution in [2.75, 3.05) is 0 Å². The monoisotopic (exact) mass is 337 g/mol. The molecule has 0 aliphatic rings. The van der Waals surface area contributed by atoms with E-state index in [0.717, 1.165) is 11.1 Å². The van der Waals surface area contributed by atoms with Crippen molar-refractivity contribution in [2.24, 2.45) is 5.92 Å². The maximum Gasteiger partial charge on any atom is 0.234 e. The zero-order valence-electron chi connectivity index (χ0n) is 13.9. The Hall–Kier alpha value is -1.73. The number of rotatable bonds is 7. The third kappa shape index (κ3) is 5.44. The summed E-state index contributed by atoms with van der Waals surface area (Å²) in [6.07, 6.45) is 0.592. The van der Waals surface area contributed by atoms with Crippen LogP contribution in [0.4, 0.5) is 0 Å². The molecule has 1 aromatic carbocycles. The predicted octanol–water partition coefficient (Wildman–Crippen LogP) is 2.89. The average molecular weight is 337 g/mol. The van der Waals surface area contributed by atoms with Gasteiger partial charge in [0.15, 0.2) is 0 Å². The van der Waals surface area contributed by atoms with Gasteiger partial charge in [0.1, 0.15) is 6.04 Å². The van der Waals surface area contributed by atoms with Crippen molar-refractivity contribution in [3.63, 3.8) is 0 Å². The molecule has 1 N–H and O–H groups in total. The van der Waals surface area contributed by atoms with E-state index < -0.39 is 16.1 Å². The van der Waals surface area contributed by atoms with Crippen molar-refractivity contribution < 1.29 is 12.8 Å². The lowest BCUT2D eigenvalue weighted by Crippen LogP contribution is -2.31. The predicted molar refractivity (Wildman–Crippen MR) is 88.2 cm³/mol. The molecular weight excluding hydrogens is 314 g/mol. The maximum absolute atomic E-state index is 12.5. The Morgan fingerprint density at radius 3 is 2.52 bits per heavy atom. The zero-order valence-corrected chi connectivity index (χ0v) is 14.7. The van der Waals surface area contributed by atoms with E-state index in [1.165, 1.54) is 0 Å². The van der Waals surface area contributed by atoms with Gasteiger partial charge in [-0.3, -0.25) is 0 Å². The lowest BCUT2D eigenvalue weighted by molar-refractivity contribution is 0.372. The third-order valence-electron chi connectivity index (χ3n) is 3.31. The van der Waals surface area contributed by atoms with Crippen LogP contribution in [0.2, 0.25) is 0 Å². The molecular formula is C16H23N3O3S. The average Bonchev–Trinajstić information content (AvgIpc) is 2.83. The lowest BCUT2D eigenvalue weighted by Gasteiger charge is -2.17. The molecule has 0 radical (unpaired) electrons. The van der Waals surface area contributed by atoms with Gasteiger partial charge in [-0.2, -0.15) is 0 Å². The highest BCUT2D eigenvalue weighted by Gasteiger charge is 2.25. The molecule has 1 unspecified atom stereocenters. The highest BCUT2D eigenvalue weighted by atomic mass is 32.2. The minimum Gasteiger partial charge on any atom is -0.424 e. The van der Waals surface area contributed by atoms with E-state index in [4.69, 9.17) is 4.42 Å². The first kappa shape index (κ1) is 17.6. The summed E-state index contributed by atoms with van der Waals surface area (Å²) in [7, 11) is -3.51. The van der Waals surface area contributed by atoms with Crippen molar-refractivity contribution in [2.45, 2.75) is 45.9 Å². The van der Waals surface area contributed by atoms with Crippen molar-refractivity contribution in [3.8, 4) is 0 Å². The minimum atomic E-state index is -3.51. The van der Waals surface area contributed by atoms with Crippen molar-refractivity contribution in [3.05, 3.63) is 47.2 Å². The van der Waals surface area contributed by atoms with Crippen LogP contribution >= 0.6 is 0 Å². The van der Waals surface area contributed by atoms with Gasteiger partial charge in [0.2, 0.25) is 21.8 Å². The maximum atomic E-state index is 12.5. The number of aryl methyl sites for hydroxylation is 2. The van der Waals surface area contributed by atoms with E-state index in [9.17, 15) is 8.42 Å². The molecule has 126 valence electrons. The summed E-state index contributed by atoms with van der Waals surface area (Å²) >= 11 is 0. The minimum absolute atomic E-state index is 0.0730. The zero-order chi connectivity index (χ0) is 17.0. The van der Waals surface area contributed by atoms with Crippen molar-refractivity contribution in [1.29, 1.82) is 0 Å². The van der Waals surface area contributed by atoms with Gasteiger partial charge in [-0.05, 0) is 24.8 Å². The van der Waals surface area contributed by atoms with Gasteiger partial charge in [-0.1, -0.05) is 43.7 Å². The highest BCUT2D eigenvalue weighted by Crippen LogP contribution is 2.22. The molecule has 0 fully saturated rings. The molecule has 23 heavy (non-hydrogen) atoms. The molecule has 0 aliphatic heterocycles. The molecule has 0 amide bonds. The van der Waals surface area contributed by atoms with E-state index in [1.54, 1.807) is 13.0 Å². The molecule has 1 atom stereocenters. The molecule has 0 spiro atoms. The quantitative estimate of drug-likeness (QED) is 0.839. The smallest absolute Gasteiger partial charge is 0.234 e. The van der Waals surface area contributed by atoms with Gasteiger partial charge in [-0.15, -0.1) is 10.2 Å². The Bertz CT molecular complexity index is 753. The number of aromatic nitrogens is 2. The van der Waals surface area contributed by atoms with Crippen LogP contribution in [-0.2, 0) is 15.8 Å². The Morgan fingerprint density at radius 1 is 1.22 bits per heavy atom. The molecule has 0 bridgehead atoms. The first-order chi connectivity index (χ1) is 10.7. The largest absolute Gasteiger partial charge is 0.424 e. The molecule has 7 heteroatoms. The number of benzene rings is 1. The lowest BCUT2D eigenvalue weighted by atomic mass is 10.0. The van der Waals surface area contributed by atoms with Gasteiger partial charge < -0.3 is 4.42 Å². The first-order valence-electron chi connectivity index (χ1n) is 7.61. The highest BCUT2D eigenvalue weighted by molar-refractivity contribution is 7.88. The Labute approximate surface area is 137 Å². The van der Waals surface area contributed by atoms with Gasteiger partial charge in [0, 0.05) is 6.92 Å². The first-order valence-corrected chi connectivity index (χ1v) is 9.26. The van der Waals surface area contributed by atoms with E-state index in [0.29, 0.717) is 18.2 Å². The third-order valence-corrected chi connectivity index (χ3v) is 4.66. The summed E-state index contributed by atoms with van der Waals surface area (Å²) in [6.45, 7) is 7.66. The van der Waals surface area contributed by atoms with Gasteiger partial charge in [0.25, 0.3) is 0 Å². The number of hydrogen-bond acceptors (Lipinski definition) is 5. The van der Waals surface area contributed by atoms with Crippen LogP contribution in [0.1, 0.15) is 49.2 Å². The van der Waals surface area contributed by atoms with Gasteiger partial charge in [0.05, 0.1) is 5.75 Å². The second-order valence-corrected chi connectivity index (χ2v) is 7.96. The van der Waals surface area contributed by atoms with Crippen LogP contribution in [0.15, 0.2) is 28.7 Å². The van der Waals surface area contributed by atoms with Crippen LogP contribution in [0.25, 0.3) is 0 Å². The summed E-state index contributed by atoms with van der Waals surface area (Å²) in [6, 6.07) is 6.96. The van der Waals surface area contributed by atoms with Gasteiger partial charge in [-0.25, -0.2) is 13.1 Å². The molecule has 0 aliphatic carbocycles. The fraction of sp³-hybridized carbons (Fsp3) is 0.500. The SMILES string of the molecule is Cc1cccc(CS(=O)(=O)NC(CC(C)C)c2nnc(C)o2)c1. The number of sulfonamides is 1. The van der Waals surface area contributed by atoms with Crippen LogP contribution < -0.4 is 4.72 Å². The summed E-state index contributed by atoms with van der Waals surface area (Å²) in [5, 5.41) is 7.75. The fourth-order valence-electron chi connectivity index (χ4n) is 2.40. The summed E-state index contributed by atoms with van der Waals surface area (Å²) in [4.78, 5) is 0. The van der Waals surface area contributed by atoms with E-state index in [-0.39, 0.29) is 11.7 Å². The standard InChI is InChI=1S/C16H23N3O3S/c1-11(2)8-15(16-18-17-13(4)22-16)19-23(20,21)10-14-7-5-6-12(3)9-14/h5-7,9,11,15,19H,8,10H2,1-4H3. The second kappa shape index (κ2) is 7.23. The second-order valence-electron chi connectivity index (χ2n) is 6.21. The van der Waals surface area contributed by atoms with Crippen LogP contribution in [0, 0.1) is 19.8 Å². The molecule has 1 aromatic heterocycles. The molecule has 0 saturated heterocycles. The Kier molecular flexibility index (Phi) is 5.54. The van der Waals surface area contributed by atoms with Crippen molar-refractivity contribution in [1.82, 2.24) is 14.9 Å². The Morgan fingerprint density at radius 2 is 1.96 bits per heavy atom. The van der Waals surface area contributed by atoms with Crippen LogP contribution in [0.3, 0.4) is 0 Å². The van der Waals surface area contributed by atoms with Gasteiger partial charge >= 0.3 is 0 Å². The van der Waals surface area contributed by atoms with E-state index >= 15 is 0 Å². The number of nitrogens with one attached hydrogen (secondary N) is 1. The fourth-order valence-corrected chi connectivity index (χ4v) is 3.74. The summed E-state index contributed by atoms with van der Waals surface area (Å²) < 4.78 is 33.1. The van der Waals surface area contributed by atoms with Crippen LogP contribution in [-0.4, -0.2) is 18.6 Å². The van der Waals surface area contributed by atoms with Crippen LogP contribution in [0.5, 0.6) is 0 Å². The van der Waals surface area contributed by atoms with E-state index in [2.05, 4.69) is 14.9 Å². The Balaban J connectivity index is 2.17. The normalized spacial score (nSPS) is 13.4. The van der Waals surface area contributed by atoms with Crippen molar-refractivity contribution >= 4 is 10.0 Å². The van der Waals surface area contributed by atoms with E-state index in [1.807, 2.05) is 39.0 Å². The molecule has 0 saturated carbocycles. The molecule has 6 nitrogen and oxygen atoms in total. The topological polar surface area (TPSA) is 85.1 Å².